The average molecular weight is 293 g/mol. The van der Waals surface area contributed by atoms with Crippen LogP contribution in [0.1, 0.15) is 0 Å². The number of benzene rings is 1. The highest BCUT2D eigenvalue weighted by Gasteiger charge is 2.05. The number of thiazole rings is 1. The molecule has 0 aliphatic rings. The van der Waals surface area contributed by atoms with Gasteiger partial charge in [-0.3, -0.25) is 0 Å². The molecular weight excluding hydrogens is 289 g/mol. The first-order valence-electron chi connectivity index (χ1n) is 3.72. The quantitative estimate of drug-likeness (QED) is 0.761. The summed E-state index contributed by atoms with van der Waals surface area (Å²) in [6.07, 6.45) is 0. The van der Waals surface area contributed by atoms with E-state index in [-0.39, 0.29) is 5.82 Å². The molecule has 72 valence electrons. The van der Waals surface area contributed by atoms with E-state index >= 15 is 0 Å². The van der Waals surface area contributed by atoms with E-state index in [1.54, 1.807) is 6.07 Å². The predicted molar refractivity (Wildman–Crippen MR) is 60.2 cm³/mol. The summed E-state index contributed by atoms with van der Waals surface area (Å²) in [7, 11) is 0. The summed E-state index contributed by atoms with van der Waals surface area (Å²) >= 11 is 10.4. The lowest BCUT2D eigenvalue weighted by molar-refractivity contribution is 0.628. The van der Waals surface area contributed by atoms with E-state index in [1.165, 1.54) is 23.5 Å². The summed E-state index contributed by atoms with van der Waals surface area (Å²) in [5, 5.41) is 2.97. The van der Waals surface area contributed by atoms with E-state index < -0.39 is 0 Å². The van der Waals surface area contributed by atoms with Gasteiger partial charge in [0.15, 0.2) is 0 Å². The topological polar surface area (TPSA) is 12.9 Å². The lowest BCUT2D eigenvalue weighted by atomic mass is 10.2. The molecular formula is C9H4BrClFNS. The predicted octanol–water partition coefficient (Wildman–Crippen LogP) is 4.37. The maximum atomic E-state index is 13.0. The number of hydrogen-bond donors (Lipinski definition) is 0. The van der Waals surface area contributed by atoms with Crippen LogP contribution in [0.3, 0.4) is 0 Å². The van der Waals surface area contributed by atoms with Crippen molar-refractivity contribution in [1.82, 2.24) is 4.98 Å². The van der Waals surface area contributed by atoms with Crippen molar-refractivity contribution in [2.75, 3.05) is 0 Å². The Morgan fingerprint density at radius 1 is 1.36 bits per heavy atom. The molecule has 0 aliphatic heterocycles. The van der Waals surface area contributed by atoms with E-state index in [0.29, 0.717) is 10.6 Å². The van der Waals surface area contributed by atoms with Gasteiger partial charge in [-0.2, -0.15) is 0 Å². The zero-order valence-corrected chi connectivity index (χ0v) is 9.96. The maximum Gasteiger partial charge on any atom is 0.125 e. The van der Waals surface area contributed by atoms with E-state index in [9.17, 15) is 4.39 Å². The molecule has 14 heavy (non-hydrogen) atoms. The summed E-state index contributed by atoms with van der Waals surface area (Å²) in [6, 6.07) is 4.38. The minimum Gasteiger partial charge on any atom is -0.229 e. The first kappa shape index (κ1) is 10.1. The summed E-state index contributed by atoms with van der Waals surface area (Å²) < 4.78 is 13.7. The highest BCUT2D eigenvalue weighted by molar-refractivity contribution is 9.10. The monoisotopic (exact) mass is 291 g/mol. The van der Waals surface area contributed by atoms with Crippen LogP contribution >= 0.6 is 38.9 Å². The molecule has 0 saturated carbocycles. The third-order valence-electron chi connectivity index (χ3n) is 1.59. The number of hydrogen-bond acceptors (Lipinski definition) is 2. The largest absolute Gasteiger partial charge is 0.229 e. The third-order valence-corrected chi connectivity index (χ3v) is 3.40. The van der Waals surface area contributed by atoms with Crippen LogP contribution in [0, 0.1) is 5.82 Å². The molecule has 0 saturated heterocycles. The summed E-state index contributed by atoms with van der Waals surface area (Å²) in [6.45, 7) is 0. The summed E-state index contributed by atoms with van der Waals surface area (Å²) in [5.41, 5.74) is 0.700. The number of halogens is 3. The van der Waals surface area contributed by atoms with Gasteiger partial charge < -0.3 is 0 Å². The van der Waals surface area contributed by atoms with Crippen LogP contribution in [0.4, 0.5) is 4.39 Å². The van der Waals surface area contributed by atoms with Crippen LogP contribution in [0.2, 0.25) is 5.02 Å². The van der Waals surface area contributed by atoms with Crippen molar-refractivity contribution in [2.24, 2.45) is 0 Å². The molecule has 1 aromatic carbocycles. The van der Waals surface area contributed by atoms with Gasteiger partial charge in [-0.25, -0.2) is 9.37 Å². The normalized spacial score (nSPS) is 10.5. The Labute approximate surface area is 97.7 Å². The molecule has 2 rings (SSSR count). The zero-order valence-electron chi connectivity index (χ0n) is 6.80. The molecule has 1 heterocycles. The molecule has 0 unspecified atom stereocenters. The van der Waals surface area contributed by atoms with E-state index in [1.807, 2.05) is 5.38 Å². The van der Waals surface area contributed by atoms with Crippen LogP contribution in [0.5, 0.6) is 0 Å². The fourth-order valence-electron chi connectivity index (χ4n) is 1.06. The first-order valence-corrected chi connectivity index (χ1v) is 5.78. The fraction of sp³-hybridized carbons (Fsp3) is 0. The Kier molecular flexibility index (Phi) is 2.85. The Bertz CT molecular complexity index is 451. The van der Waals surface area contributed by atoms with Crippen molar-refractivity contribution in [3.05, 3.63) is 39.0 Å². The molecule has 1 aromatic heterocycles. The van der Waals surface area contributed by atoms with Gasteiger partial charge in [0.1, 0.15) is 15.4 Å². The SMILES string of the molecule is Fc1cc(Cl)cc(-c2nc(Br)cs2)c1. The summed E-state index contributed by atoms with van der Waals surface area (Å²) in [5.74, 6) is -0.348. The van der Waals surface area contributed by atoms with Crippen molar-refractivity contribution < 1.29 is 4.39 Å². The van der Waals surface area contributed by atoms with Crippen LogP contribution < -0.4 is 0 Å². The van der Waals surface area contributed by atoms with Crippen molar-refractivity contribution in [3.63, 3.8) is 0 Å². The van der Waals surface area contributed by atoms with Crippen molar-refractivity contribution in [3.8, 4) is 10.6 Å². The van der Waals surface area contributed by atoms with Crippen LogP contribution in [0.25, 0.3) is 10.6 Å². The van der Waals surface area contributed by atoms with E-state index in [4.69, 9.17) is 11.6 Å². The van der Waals surface area contributed by atoms with Crippen LogP contribution in [-0.4, -0.2) is 4.98 Å². The highest BCUT2D eigenvalue weighted by Crippen LogP contribution is 2.28. The van der Waals surface area contributed by atoms with Gasteiger partial charge in [-0.1, -0.05) is 11.6 Å². The lowest BCUT2D eigenvalue weighted by Gasteiger charge is -1.97. The molecule has 0 radical (unpaired) electrons. The van der Waals surface area contributed by atoms with Gasteiger partial charge in [0, 0.05) is 16.0 Å². The van der Waals surface area contributed by atoms with Gasteiger partial charge in [0.2, 0.25) is 0 Å². The minimum absolute atomic E-state index is 0.348. The van der Waals surface area contributed by atoms with Gasteiger partial charge in [0.05, 0.1) is 0 Å². The Morgan fingerprint density at radius 3 is 2.71 bits per heavy atom. The number of rotatable bonds is 1. The molecule has 0 aliphatic carbocycles. The number of nitrogens with zero attached hydrogens (tertiary/aromatic N) is 1. The highest BCUT2D eigenvalue weighted by atomic mass is 79.9. The number of aromatic nitrogens is 1. The third kappa shape index (κ3) is 2.13. The molecule has 0 bridgehead atoms. The Hall–Kier alpha value is -0.450. The van der Waals surface area contributed by atoms with Crippen LogP contribution in [0.15, 0.2) is 28.2 Å². The van der Waals surface area contributed by atoms with Crippen molar-refractivity contribution in [1.29, 1.82) is 0 Å². The van der Waals surface area contributed by atoms with Gasteiger partial charge >= 0.3 is 0 Å². The second-order valence-electron chi connectivity index (χ2n) is 2.63. The zero-order chi connectivity index (χ0) is 10.1. The van der Waals surface area contributed by atoms with Gasteiger partial charge in [-0.05, 0) is 34.1 Å². The smallest absolute Gasteiger partial charge is 0.125 e. The molecule has 1 nitrogen and oxygen atoms in total. The molecule has 0 spiro atoms. The van der Waals surface area contributed by atoms with E-state index in [0.717, 1.165) is 9.61 Å². The molecule has 5 heteroatoms. The van der Waals surface area contributed by atoms with Crippen LogP contribution in [-0.2, 0) is 0 Å². The van der Waals surface area contributed by atoms with Crippen molar-refractivity contribution in [2.45, 2.75) is 0 Å². The minimum atomic E-state index is -0.348. The summed E-state index contributed by atoms with van der Waals surface area (Å²) in [4.78, 5) is 4.17. The van der Waals surface area contributed by atoms with Gasteiger partial charge in [0.25, 0.3) is 0 Å². The fourth-order valence-corrected chi connectivity index (χ4v) is 2.53. The standard InChI is InChI=1S/C9H4BrClFNS/c10-8-4-14-9(13-8)5-1-6(11)3-7(12)2-5/h1-4H. The molecule has 0 amide bonds. The average Bonchev–Trinajstić information content (AvgIpc) is 2.50. The first-order chi connectivity index (χ1) is 6.65. The molecule has 0 N–H and O–H groups in total. The Balaban J connectivity index is 2.51. The van der Waals surface area contributed by atoms with E-state index in [2.05, 4.69) is 20.9 Å². The Morgan fingerprint density at radius 2 is 2.14 bits per heavy atom. The second kappa shape index (κ2) is 3.96. The maximum absolute atomic E-state index is 13.0. The molecule has 2 aromatic rings. The molecule has 0 atom stereocenters. The lowest BCUT2D eigenvalue weighted by Crippen LogP contribution is -1.79. The second-order valence-corrected chi connectivity index (χ2v) is 4.74. The van der Waals surface area contributed by atoms with Crippen molar-refractivity contribution >= 4 is 38.9 Å². The molecule has 0 fully saturated rings. The van der Waals surface area contributed by atoms with Gasteiger partial charge in [-0.15, -0.1) is 11.3 Å².